The molecule has 0 spiro atoms. The molecule has 1 fully saturated rings. The highest BCUT2D eigenvalue weighted by atomic mass is 16.6. The van der Waals surface area contributed by atoms with Gasteiger partial charge in [0.25, 0.3) is 0 Å². The normalized spacial score (nSPS) is 21.2. The minimum absolute atomic E-state index is 0.138. The summed E-state index contributed by atoms with van der Waals surface area (Å²) < 4.78 is 0. The first kappa shape index (κ1) is 7.11. The summed E-state index contributed by atoms with van der Waals surface area (Å²) in [6, 6.07) is 0. The van der Waals surface area contributed by atoms with Gasteiger partial charge in [0.05, 0.1) is 13.1 Å². The molecule has 5 nitrogen and oxygen atoms in total. The monoisotopic (exact) mass is 144 g/mol. The standard InChI is InChI=1S/C5H11N3O2/c9-6-8(10)7-4-2-1-3-5-7/h9H,1-5H2/p-1/b8-6+. The first-order chi connectivity index (χ1) is 4.84. The predicted octanol–water partition coefficient (Wildman–Crippen LogP) is 0.848. The molecule has 0 aromatic carbocycles. The van der Waals surface area contributed by atoms with Gasteiger partial charge in [-0.05, 0) is 24.5 Å². The molecule has 1 aliphatic heterocycles. The molecule has 1 saturated heterocycles. The second-order valence-electron chi connectivity index (χ2n) is 2.35. The molecule has 0 aromatic heterocycles. The lowest BCUT2D eigenvalue weighted by atomic mass is 10.2. The Balaban J connectivity index is 2.39. The Morgan fingerprint density at radius 1 is 1.20 bits per heavy atom. The van der Waals surface area contributed by atoms with Gasteiger partial charge in [-0.15, -0.1) is 5.01 Å². The van der Waals surface area contributed by atoms with E-state index in [9.17, 15) is 10.4 Å². The maximum atomic E-state index is 10.5. The van der Waals surface area contributed by atoms with Crippen LogP contribution in [0.25, 0.3) is 0 Å². The van der Waals surface area contributed by atoms with Gasteiger partial charge in [0.2, 0.25) is 0 Å². The Labute approximate surface area is 59.1 Å². The SMILES string of the molecule is [O-]/N=[N+](/[O-])N1CCCCC1. The van der Waals surface area contributed by atoms with E-state index < -0.39 is 0 Å². The zero-order chi connectivity index (χ0) is 7.40. The summed E-state index contributed by atoms with van der Waals surface area (Å²) in [6.45, 7) is 1.32. The van der Waals surface area contributed by atoms with E-state index in [1.165, 1.54) is 5.01 Å². The fourth-order valence-electron chi connectivity index (χ4n) is 1.10. The molecule has 5 heteroatoms. The first-order valence-electron chi connectivity index (χ1n) is 3.40. The summed E-state index contributed by atoms with van der Waals surface area (Å²) in [6.07, 6.45) is 3.10. The fraction of sp³-hybridized carbons (Fsp3) is 1.00. The van der Waals surface area contributed by atoms with Gasteiger partial charge in [-0.3, -0.25) is 0 Å². The number of rotatable bonds is 1. The number of nitrogens with zero attached hydrogens (tertiary/aromatic N) is 3. The van der Waals surface area contributed by atoms with Crippen LogP contribution in [0.5, 0.6) is 0 Å². The lowest BCUT2D eigenvalue weighted by Crippen LogP contribution is -2.35. The molecule has 0 aliphatic carbocycles. The van der Waals surface area contributed by atoms with E-state index in [-0.39, 0.29) is 4.97 Å². The van der Waals surface area contributed by atoms with Gasteiger partial charge in [0.1, 0.15) is 0 Å². The van der Waals surface area contributed by atoms with Crippen molar-refractivity contribution in [1.82, 2.24) is 5.01 Å². The van der Waals surface area contributed by atoms with Crippen LogP contribution in [-0.4, -0.2) is 23.1 Å². The van der Waals surface area contributed by atoms with E-state index in [0.29, 0.717) is 13.1 Å². The molecule has 0 N–H and O–H groups in total. The minimum atomic E-state index is 0.138. The highest BCUT2D eigenvalue weighted by molar-refractivity contribution is 4.55. The first-order valence-corrected chi connectivity index (χ1v) is 3.40. The van der Waals surface area contributed by atoms with Crippen LogP contribution in [-0.2, 0) is 0 Å². The maximum Gasteiger partial charge on any atom is 0.0767 e. The van der Waals surface area contributed by atoms with Gasteiger partial charge >= 0.3 is 0 Å². The third kappa shape index (κ3) is 1.49. The van der Waals surface area contributed by atoms with Gasteiger partial charge in [-0.1, -0.05) is 0 Å². The summed E-state index contributed by atoms with van der Waals surface area (Å²) in [5.41, 5.74) is 0. The van der Waals surface area contributed by atoms with Crippen LogP contribution >= 0.6 is 0 Å². The number of hydrazine groups is 1. The van der Waals surface area contributed by atoms with E-state index >= 15 is 0 Å². The molecule has 0 aromatic rings. The molecule has 58 valence electrons. The van der Waals surface area contributed by atoms with Crippen molar-refractivity contribution in [1.29, 1.82) is 0 Å². The quantitative estimate of drug-likeness (QED) is 0.311. The van der Waals surface area contributed by atoms with Gasteiger partial charge in [0, 0.05) is 4.97 Å². The zero-order valence-corrected chi connectivity index (χ0v) is 5.69. The third-order valence-corrected chi connectivity index (χ3v) is 1.64. The second-order valence-corrected chi connectivity index (χ2v) is 2.35. The number of hydrogen-bond acceptors (Lipinski definition) is 3. The molecule has 0 unspecified atom stereocenters. The van der Waals surface area contributed by atoms with Crippen LogP contribution in [0.1, 0.15) is 19.3 Å². The van der Waals surface area contributed by atoms with Crippen LogP contribution in [0, 0.1) is 10.4 Å². The molecule has 0 radical (unpaired) electrons. The van der Waals surface area contributed by atoms with Crippen LogP contribution in [0.15, 0.2) is 5.28 Å². The summed E-state index contributed by atoms with van der Waals surface area (Å²) in [5.74, 6) is 0. The molecule has 0 atom stereocenters. The topological polar surface area (TPSA) is 64.7 Å². The second kappa shape index (κ2) is 3.24. The number of hydrogen-bond donors (Lipinski definition) is 0. The molecular weight excluding hydrogens is 134 g/mol. The molecule has 0 saturated carbocycles. The Kier molecular flexibility index (Phi) is 2.30. The van der Waals surface area contributed by atoms with Gasteiger partial charge in [-0.2, -0.15) is 0 Å². The summed E-state index contributed by atoms with van der Waals surface area (Å²) >= 11 is 0. The van der Waals surface area contributed by atoms with Crippen LogP contribution in [0.4, 0.5) is 0 Å². The van der Waals surface area contributed by atoms with Crippen molar-refractivity contribution in [2.24, 2.45) is 5.28 Å². The smallest absolute Gasteiger partial charge is 0.0767 e. The van der Waals surface area contributed by atoms with Crippen LogP contribution < -0.4 is 0 Å². The Morgan fingerprint density at radius 2 is 1.80 bits per heavy atom. The van der Waals surface area contributed by atoms with Crippen LogP contribution in [0.3, 0.4) is 0 Å². The average Bonchev–Trinajstić information content (AvgIpc) is 2.05. The van der Waals surface area contributed by atoms with Crippen LogP contribution in [0.2, 0.25) is 0 Å². The summed E-state index contributed by atoms with van der Waals surface area (Å²) in [5, 5.41) is 23.9. The molecule has 1 rings (SSSR count). The van der Waals surface area contributed by atoms with Crippen molar-refractivity contribution in [3.63, 3.8) is 0 Å². The molecule has 1 heterocycles. The van der Waals surface area contributed by atoms with Crippen molar-refractivity contribution in [2.45, 2.75) is 19.3 Å². The largest absolute Gasteiger partial charge is 0.737 e. The lowest BCUT2D eigenvalue weighted by Gasteiger charge is -2.22. The van der Waals surface area contributed by atoms with E-state index in [1.807, 2.05) is 0 Å². The predicted molar refractivity (Wildman–Crippen MR) is 34.8 cm³/mol. The van der Waals surface area contributed by atoms with Gasteiger partial charge < -0.3 is 10.4 Å². The Bertz CT molecular complexity index is 131. The lowest BCUT2D eigenvalue weighted by molar-refractivity contribution is -0.692. The summed E-state index contributed by atoms with van der Waals surface area (Å²) in [7, 11) is 0. The highest BCUT2D eigenvalue weighted by Gasteiger charge is 2.14. The summed E-state index contributed by atoms with van der Waals surface area (Å²) in [4.78, 5) is 0.138. The number of piperidine rings is 1. The third-order valence-electron chi connectivity index (χ3n) is 1.64. The van der Waals surface area contributed by atoms with Crippen molar-refractivity contribution < 1.29 is 4.97 Å². The molecule has 0 amide bonds. The maximum absolute atomic E-state index is 10.5. The van der Waals surface area contributed by atoms with Crippen molar-refractivity contribution in [3.05, 3.63) is 10.4 Å². The van der Waals surface area contributed by atoms with Crippen molar-refractivity contribution in [2.75, 3.05) is 13.1 Å². The van der Waals surface area contributed by atoms with E-state index in [4.69, 9.17) is 0 Å². The van der Waals surface area contributed by atoms with Crippen molar-refractivity contribution in [3.8, 4) is 0 Å². The minimum Gasteiger partial charge on any atom is -0.737 e. The molecular formula is C5H10N3O2-. The average molecular weight is 144 g/mol. The molecule has 0 bridgehead atoms. The molecule has 1 aliphatic rings. The van der Waals surface area contributed by atoms with E-state index in [2.05, 4.69) is 5.28 Å². The molecule has 10 heavy (non-hydrogen) atoms. The zero-order valence-electron chi connectivity index (χ0n) is 5.69. The van der Waals surface area contributed by atoms with Crippen molar-refractivity contribution >= 4 is 0 Å². The highest BCUT2D eigenvalue weighted by Crippen LogP contribution is 2.07. The fourth-order valence-corrected chi connectivity index (χ4v) is 1.10. The van der Waals surface area contributed by atoms with Gasteiger partial charge in [0.15, 0.2) is 0 Å². The van der Waals surface area contributed by atoms with Gasteiger partial charge in [-0.25, -0.2) is 0 Å². The Hall–Kier alpha value is -1.00. The van der Waals surface area contributed by atoms with E-state index in [0.717, 1.165) is 19.3 Å². The van der Waals surface area contributed by atoms with E-state index in [1.54, 1.807) is 0 Å². The Morgan fingerprint density at radius 3 is 2.30 bits per heavy atom.